The molecule has 18 heavy (non-hydrogen) atoms. The first-order chi connectivity index (χ1) is 8.60. The number of likely N-dealkylation sites (N-methyl/N-ethyl adjacent to an activating group) is 1. The van der Waals surface area contributed by atoms with Crippen molar-refractivity contribution >= 4 is 11.9 Å². The molecule has 0 bridgehead atoms. The minimum atomic E-state index is -0.383. The van der Waals surface area contributed by atoms with Crippen molar-refractivity contribution in [3.63, 3.8) is 0 Å². The number of hydrogen-bond donors (Lipinski definition) is 3. The second-order valence-electron chi connectivity index (χ2n) is 5.35. The Bertz CT molecular complexity index is 326. The molecule has 2 rings (SSSR count). The maximum atomic E-state index is 11.7. The number of nitrogens with one attached hydrogen (secondary N) is 2. The van der Waals surface area contributed by atoms with Crippen LogP contribution in [-0.2, 0) is 4.79 Å². The van der Waals surface area contributed by atoms with Gasteiger partial charge in [0.1, 0.15) is 0 Å². The van der Waals surface area contributed by atoms with Gasteiger partial charge in [0.05, 0.1) is 6.54 Å². The molecule has 1 unspecified atom stereocenters. The molecule has 6 heteroatoms. The van der Waals surface area contributed by atoms with Gasteiger partial charge in [0, 0.05) is 18.6 Å². The van der Waals surface area contributed by atoms with E-state index in [1.807, 2.05) is 11.9 Å². The van der Waals surface area contributed by atoms with Crippen molar-refractivity contribution in [3.8, 4) is 0 Å². The summed E-state index contributed by atoms with van der Waals surface area (Å²) in [4.78, 5) is 25.0. The van der Waals surface area contributed by atoms with E-state index in [1.165, 1.54) is 12.8 Å². The third-order valence-corrected chi connectivity index (χ3v) is 3.53. The number of nitrogens with two attached hydrogens (primary N) is 1. The van der Waals surface area contributed by atoms with Gasteiger partial charge < -0.3 is 11.1 Å². The number of urea groups is 1. The molecule has 1 atom stereocenters. The van der Waals surface area contributed by atoms with Crippen molar-refractivity contribution in [2.24, 2.45) is 11.7 Å². The summed E-state index contributed by atoms with van der Waals surface area (Å²) in [5.41, 5.74) is 5.71. The number of hydrogen-bond acceptors (Lipinski definition) is 4. The van der Waals surface area contributed by atoms with Gasteiger partial charge in [-0.25, -0.2) is 4.79 Å². The van der Waals surface area contributed by atoms with Crippen LogP contribution in [-0.4, -0.2) is 49.1 Å². The van der Waals surface area contributed by atoms with E-state index in [-0.39, 0.29) is 30.6 Å². The summed E-state index contributed by atoms with van der Waals surface area (Å²) in [6.07, 6.45) is 4.41. The summed E-state index contributed by atoms with van der Waals surface area (Å²) < 4.78 is 0. The molecule has 6 nitrogen and oxygen atoms in total. The first-order valence-corrected chi connectivity index (χ1v) is 6.60. The molecule has 2 aliphatic carbocycles. The molecule has 2 fully saturated rings. The van der Waals surface area contributed by atoms with Gasteiger partial charge in [-0.1, -0.05) is 0 Å². The van der Waals surface area contributed by atoms with E-state index in [4.69, 9.17) is 5.73 Å². The van der Waals surface area contributed by atoms with Crippen LogP contribution >= 0.6 is 0 Å². The Morgan fingerprint density at radius 1 is 1.33 bits per heavy atom. The van der Waals surface area contributed by atoms with Crippen molar-refractivity contribution in [2.45, 2.75) is 37.8 Å². The first-order valence-electron chi connectivity index (χ1n) is 6.60. The zero-order chi connectivity index (χ0) is 13.1. The normalized spacial score (nSPS) is 20.6. The Kier molecular flexibility index (Phi) is 4.19. The van der Waals surface area contributed by atoms with Crippen LogP contribution in [0.4, 0.5) is 4.79 Å². The lowest BCUT2D eigenvalue weighted by atomic mass is 10.1. The molecular formula is C12H22N4O2. The Morgan fingerprint density at radius 2 is 2.00 bits per heavy atom. The minimum Gasteiger partial charge on any atom is -0.335 e. The fourth-order valence-electron chi connectivity index (χ4n) is 2.17. The minimum absolute atomic E-state index is 0.219. The van der Waals surface area contributed by atoms with Crippen molar-refractivity contribution in [3.05, 3.63) is 0 Å². The Hall–Kier alpha value is -1.14. The van der Waals surface area contributed by atoms with Crippen LogP contribution < -0.4 is 16.4 Å². The second kappa shape index (κ2) is 5.67. The lowest BCUT2D eigenvalue weighted by molar-refractivity contribution is -0.121. The molecule has 0 aromatic heterocycles. The molecule has 0 radical (unpaired) electrons. The van der Waals surface area contributed by atoms with Crippen LogP contribution in [0.3, 0.4) is 0 Å². The number of nitrogens with zero attached hydrogens (tertiary/aromatic N) is 1. The van der Waals surface area contributed by atoms with Crippen LogP contribution in [0.2, 0.25) is 0 Å². The van der Waals surface area contributed by atoms with Crippen LogP contribution in [0.15, 0.2) is 0 Å². The number of carbonyl (C=O) groups is 2. The zero-order valence-corrected chi connectivity index (χ0v) is 10.8. The van der Waals surface area contributed by atoms with E-state index < -0.39 is 0 Å². The summed E-state index contributed by atoms with van der Waals surface area (Å²) in [5.74, 6) is 0.350. The van der Waals surface area contributed by atoms with Crippen molar-refractivity contribution < 1.29 is 9.59 Å². The Balaban J connectivity index is 1.69. The Morgan fingerprint density at radius 3 is 2.50 bits per heavy atom. The predicted molar refractivity (Wildman–Crippen MR) is 67.9 cm³/mol. The van der Waals surface area contributed by atoms with Gasteiger partial charge in [0.2, 0.25) is 5.91 Å². The van der Waals surface area contributed by atoms with E-state index in [9.17, 15) is 9.59 Å². The van der Waals surface area contributed by atoms with Gasteiger partial charge in [-0.15, -0.1) is 0 Å². The van der Waals surface area contributed by atoms with Crippen molar-refractivity contribution in [1.82, 2.24) is 15.5 Å². The summed E-state index contributed by atoms with van der Waals surface area (Å²) in [6, 6.07) is 0.132. The summed E-state index contributed by atoms with van der Waals surface area (Å²) in [5, 5.41) is 5.07. The predicted octanol–water partition coefficient (Wildman–Crippen LogP) is -0.356. The lowest BCUT2D eigenvalue weighted by Gasteiger charge is -2.26. The first kappa shape index (κ1) is 13.3. The maximum absolute atomic E-state index is 11.7. The second-order valence-corrected chi connectivity index (χ2v) is 5.35. The summed E-state index contributed by atoms with van der Waals surface area (Å²) in [6.45, 7) is 0.777. The van der Waals surface area contributed by atoms with Crippen LogP contribution in [0.5, 0.6) is 0 Å². The van der Waals surface area contributed by atoms with Crippen LogP contribution in [0.25, 0.3) is 0 Å². The van der Waals surface area contributed by atoms with E-state index in [0.29, 0.717) is 12.5 Å². The third-order valence-electron chi connectivity index (χ3n) is 3.53. The molecule has 4 N–H and O–H groups in total. The van der Waals surface area contributed by atoms with E-state index in [1.54, 1.807) is 0 Å². The molecule has 0 heterocycles. The number of carbonyl (C=O) groups excluding carboxylic acids is 2. The van der Waals surface area contributed by atoms with E-state index >= 15 is 0 Å². The topological polar surface area (TPSA) is 87.5 Å². The van der Waals surface area contributed by atoms with E-state index in [0.717, 1.165) is 12.8 Å². The molecule has 2 saturated carbocycles. The van der Waals surface area contributed by atoms with Gasteiger partial charge in [0.15, 0.2) is 0 Å². The van der Waals surface area contributed by atoms with Crippen molar-refractivity contribution in [1.29, 1.82) is 0 Å². The average Bonchev–Trinajstić information content (AvgIpc) is 3.10. The zero-order valence-electron chi connectivity index (χ0n) is 10.8. The smallest absolute Gasteiger partial charge is 0.321 e. The van der Waals surface area contributed by atoms with Gasteiger partial charge >= 0.3 is 6.03 Å². The molecule has 102 valence electrons. The molecule has 3 amide bonds. The molecular weight excluding hydrogens is 232 g/mol. The van der Waals surface area contributed by atoms with Gasteiger partial charge in [-0.3, -0.25) is 15.0 Å². The van der Waals surface area contributed by atoms with E-state index in [2.05, 4.69) is 10.6 Å². The molecule has 0 spiro atoms. The highest BCUT2D eigenvalue weighted by molar-refractivity contribution is 5.95. The maximum Gasteiger partial charge on any atom is 0.321 e. The third kappa shape index (κ3) is 3.96. The average molecular weight is 254 g/mol. The standard InChI is InChI=1S/C12H22N4O2/c1-16(10(6-13)8-2-3-8)7-11(17)15-12(18)14-9-4-5-9/h8-10H,2-7,13H2,1H3,(H2,14,15,17,18). The Labute approximate surface area is 107 Å². The largest absolute Gasteiger partial charge is 0.335 e. The quantitative estimate of drug-likeness (QED) is 0.604. The monoisotopic (exact) mass is 254 g/mol. The molecule has 0 aromatic rings. The van der Waals surface area contributed by atoms with Crippen molar-refractivity contribution in [2.75, 3.05) is 20.1 Å². The lowest BCUT2D eigenvalue weighted by Crippen LogP contribution is -2.48. The molecule has 0 aliphatic heterocycles. The highest BCUT2D eigenvalue weighted by Gasteiger charge is 2.33. The number of amides is 3. The molecule has 0 saturated heterocycles. The highest BCUT2D eigenvalue weighted by atomic mass is 16.2. The summed E-state index contributed by atoms with van der Waals surface area (Å²) >= 11 is 0. The molecule has 0 aromatic carbocycles. The fourth-order valence-corrected chi connectivity index (χ4v) is 2.17. The summed E-state index contributed by atoms with van der Waals surface area (Å²) in [7, 11) is 1.88. The SMILES string of the molecule is CN(CC(=O)NC(=O)NC1CC1)C(CN)C1CC1. The number of rotatable bonds is 6. The van der Waals surface area contributed by atoms with Crippen LogP contribution in [0.1, 0.15) is 25.7 Å². The number of imide groups is 1. The van der Waals surface area contributed by atoms with Crippen LogP contribution in [0, 0.1) is 5.92 Å². The van der Waals surface area contributed by atoms with Gasteiger partial charge in [-0.2, -0.15) is 0 Å². The molecule has 2 aliphatic rings. The fraction of sp³-hybridized carbons (Fsp3) is 0.833. The van der Waals surface area contributed by atoms with Gasteiger partial charge in [0.25, 0.3) is 0 Å². The van der Waals surface area contributed by atoms with Gasteiger partial charge in [-0.05, 0) is 38.6 Å². The highest BCUT2D eigenvalue weighted by Crippen LogP contribution is 2.34.